The number of anilines is 1. The van der Waals surface area contributed by atoms with Gasteiger partial charge in [-0.3, -0.25) is 4.79 Å². The Hall–Kier alpha value is -4.20. The second kappa shape index (κ2) is 7.56. The highest BCUT2D eigenvalue weighted by atomic mass is 16.5. The molecule has 1 amide bonds. The van der Waals surface area contributed by atoms with Crippen molar-refractivity contribution in [2.75, 3.05) is 12.4 Å². The lowest BCUT2D eigenvalue weighted by molar-refractivity contribution is -0.119. The number of carbonyl (C=O) groups is 1. The van der Waals surface area contributed by atoms with Gasteiger partial charge in [-0.25, -0.2) is 0 Å². The molecular weight excluding hydrogens is 394 g/mol. The van der Waals surface area contributed by atoms with Gasteiger partial charge in [-0.1, -0.05) is 48.5 Å². The maximum absolute atomic E-state index is 12.9. The molecule has 5 rings (SSSR count). The number of hydrogen-bond acceptors (Lipinski definition) is 6. The minimum Gasteiger partial charge on any atom is -0.495 e. The number of carbonyl (C=O) groups excluding carboxylic acids is 1. The van der Waals surface area contributed by atoms with E-state index in [0.717, 1.165) is 21.9 Å². The number of ether oxygens (including phenoxy) is 1. The van der Waals surface area contributed by atoms with Crippen LogP contribution in [-0.2, 0) is 4.79 Å². The zero-order valence-corrected chi connectivity index (χ0v) is 16.9. The SMILES string of the molecule is COc1cc2c(cc1NC(=O)[C@@H](C)n1nnc(-c3ccccc3)n1)oc1ccccc12. The molecule has 0 aliphatic heterocycles. The van der Waals surface area contributed by atoms with Gasteiger partial charge >= 0.3 is 0 Å². The van der Waals surface area contributed by atoms with Gasteiger partial charge in [0.25, 0.3) is 5.91 Å². The van der Waals surface area contributed by atoms with Gasteiger partial charge in [0.15, 0.2) is 0 Å². The van der Waals surface area contributed by atoms with E-state index >= 15 is 0 Å². The normalized spacial score (nSPS) is 12.2. The predicted molar refractivity (Wildman–Crippen MR) is 117 cm³/mol. The molecule has 0 aliphatic rings. The first-order chi connectivity index (χ1) is 15.1. The summed E-state index contributed by atoms with van der Waals surface area (Å²) in [5.74, 6) is 0.698. The van der Waals surface area contributed by atoms with Crippen molar-refractivity contribution in [3.05, 3.63) is 66.7 Å². The van der Waals surface area contributed by atoms with Gasteiger partial charge in [0.2, 0.25) is 5.82 Å². The summed E-state index contributed by atoms with van der Waals surface area (Å²) in [7, 11) is 1.56. The lowest BCUT2D eigenvalue weighted by atomic mass is 10.1. The van der Waals surface area contributed by atoms with Crippen LogP contribution >= 0.6 is 0 Å². The van der Waals surface area contributed by atoms with E-state index in [0.29, 0.717) is 22.8 Å². The largest absolute Gasteiger partial charge is 0.495 e. The summed E-state index contributed by atoms with van der Waals surface area (Å²) in [5.41, 5.74) is 2.78. The topological polar surface area (TPSA) is 95.1 Å². The van der Waals surface area contributed by atoms with Gasteiger partial charge in [-0.2, -0.15) is 4.80 Å². The molecule has 154 valence electrons. The Kier molecular flexibility index (Phi) is 4.59. The van der Waals surface area contributed by atoms with Gasteiger partial charge in [-0.15, -0.1) is 10.2 Å². The first kappa shape index (κ1) is 18.8. The number of hydrogen-bond donors (Lipinski definition) is 1. The van der Waals surface area contributed by atoms with E-state index in [1.54, 1.807) is 20.1 Å². The minimum absolute atomic E-state index is 0.300. The fraction of sp³-hybridized carbons (Fsp3) is 0.130. The summed E-state index contributed by atoms with van der Waals surface area (Å²) in [5, 5.41) is 17.2. The van der Waals surface area contributed by atoms with Crippen molar-refractivity contribution < 1.29 is 13.9 Å². The van der Waals surface area contributed by atoms with Gasteiger partial charge in [0.1, 0.15) is 23.0 Å². The third kappa shape index (κ3) is 3.38. The molecule has 0 unspecified atom stereocenters. The van der Waals surface area contributed by atoms with Crippen molar-refractivity contribution in [2.45, 2.75) is 13.0 Å². The summed E-state index contributed by atoms with van der Waals surface area (Å²) in [4.78, 5) is 14.2. The standard InChI is InChI=1S/C23H19N5O3/c1-14(28-26-22(25-27-28)15-8-4-3-5-9-15)23(29)24-18-13-20-17(12-21(18)30-2)16-10-6-7-11-19(16)31-20/h3-14H,1-2H3,(H,24,29)/t14-/m1/s1. The van der Waals surface area contributed by atoms with Crippen molar-refractivity contribution in [1.29, 1.82) is 0 Å². The van der Waals surface area contributed by atoms with Crippen molar-refractivity contribution in [1.82, 2.24) is 20.2 Å². The highest BCUT2D eigenvalue weighted by Gasteiger charge is 2.21. The van der Waals surface area contributed by atoms with Gasteiger partial charge < -0.3 is 14.5 Å². The molecule has 8 heteroatoms. The number of furan rings is 1. The number of nitrogens with one attached hydrogen (secondary N) is 1. The minimum atomic E-state index is -0.680. The van der Waals surface area contributed by atoms with Crippen molar-refractivity contribution in [3.63, 3.8) is 0 Å². The van der Waals surface area contributed by atoms with E-state index < -0.39 is 6.04 Å². The second-order valence-electron chi connectivity index (χ2n) is 7.11. The average Bonchev–Trinajstić information content (AvgIpc) is 3.43. The Morgan fingerprint density at radius 3 is 2.61 bits per heavy atom. The molecular formula is C23H19N5O3. The van der Waals surface area contributed by atoms with E-state index in [-0.39, 0.29) is 5.91 Å². The van der Waals surface area contributed by atoms with Crippen LogP contribution < -0.4 is 10.1 Å². The van der Waals surface area contributed by atoms with Crippen LogP contribution in [0.4, 0.5) is 5.69 Å². The Bertz CT molecular complexity index is 1390. The number of nitrogens with zero attached hydrogens (tertiary/aromatic N) is 4. The number of amides is 1. The molecule has 0 bridgehead atoms. The molecule has 1 atom stereocenters. The second-order valence-corrected chi connectivity index (χ2v) is 7.11. The smallest absolute Gasteiger partial charge is 0.250 e. The molecule has 2 aromatic heterocycles. The third-order valence-corrected chi connectivity index (χ3v) is 5.14. The highest BCUT2D eigenvalue weighted by Crippen LogP contribution is 2.36. The maximum atomic E-state index is 12.9. The van der Waals surface area contributed by atoms with Gasteiger partial charge in [0, 0.05) is 22.4 Å². The number of tetrazole rings is 1. The lowest BCUT2D eigenvalue weighted by Gasteiger charge is -2.13. The molecule has 0 aliphatic carbocycles. The van der Waals surface area contributed by atoms with E-state index in [1.807, 2.05) is 60.7 Å². The van der Waals surface area contributed by atoms with Crippen LogP contribution in [0.2, 0.25) is 0 Å². The Morgan fingerprint density at radius 1 is 1.03 bits per heavy atom. The summed E-state index contributed by atoms with van der Waals surface area (Å²) in [6.07, 6.45) is 0. The fourth-order valence-corrected chi connectivity index (χ4v) is 3.45. The van der Waals surface area contributed by atoms with Crippen LogP contribution in [0.25, 0.3) is 33.3 Å². The van der Waals surface area contributed by atoms with Crippen molar-refractivity contribution in [3.8, 4) is 17.1 Å². The summed E-state index contributed by atoms with van der Waals surface area (Å²) < 4.78 is 11.4. The quantitative estimate of drug-likeness (QED) is 0.457. The van der Waals surface area contributed by atoms with Crippen LogP contribution in [-0.4, -0.2) is 33.2 Å². The predicted octanol–water partition coefficient (Wildman–Crippen LogP) is 4.45. The number of para-hydroxylation sites is 1. The van der Waals surface area contributed by atoms with Gasteiger partial charge in [-0.05, 0) is 24.3 Å². The summed E-state index contributed by atoms with van der Waals surface area (Å²) in [6, 6.07) is 20.2. The molecule has 0 saturated heterocycles. The maximum Gasteiger partial charge on any atom is 0.250 e. The molecule has 3 aromatic carbocycles. The van der Waals surface area contributed by atoms with Crippen LogP contribution in [0.5, 0.6) is 5.75 Å². The van der Waals surface area contributed by atoms with Crippen LogP contribution in [0.15, 0.2) is 71.1 Å². The molecule has 2 heterocycles. The van der Waals surface area contributed by atoms with E-state index in [1.165, 1.54) is 4.80 Å². The van der Waals surface area contributed by atoms with Crippen LogP contribution in [0.3, 0.4) is 0 Å². The number of aromatic nitrogens is 4. The van der Waals surface area contributed by atoms with E-state index in [4.69, 9.17) is 9.15 Å². The zero-order chi connectivity index (χ0) is 21.4. The van der Waals surface area contributed by atoms with E-state index in [9.17, 15) is 4.79 Å². The molecule has 0 spiro atoms. The third-order valence-electron chi connectivity index (χ3n) is 5.14. The molecule has 8 nitrogen and oxygen atoms in total. The zero-order valence-electron chi connectivity index (χ0n) is 16.9. The van der Waals surface area contributed by atoms with Crippen LogP contribution in [0, 0.1) is 0 Å². The number of methoxy groups -OCH3 is 1. The van der Waals surface area contributed by atoms with Gasteiger partial charge in [0.05, 0.1) is 12.8 Å². The summed E-state index contributed by atoms with van der Waals surface area (Å²) in [6.45, 7) is 1.71. The number of rotatable bonds is 5. The number of fused-ring (bicyclic) bond motifs is 3. The molecule has 0 fully saturated rings. The Morgan fingerprint density at radius 2 is 1.81 bits per heavy atom. The first-order valence-corrected chi connectivity index (χ1v) is 9.79. The highest BCUT2D eigenvalue weighted by molar-refractivity contribution is 6.08. The molecule has 1 N–H and O–H groups in total. The monoisotopic (exact) mass is 413 g/mol. The lowest BCUT2D eigenvalue weighted by Crippen LogP contribution is -2.25. The van der Waals surface area contributed by atoms with E-state index in [2.05, 4.69) is 20.7 Å². The number of benzene rings is 3. The average molecular weight is 413 g/mol. The molecule has 0 saturated carbocycles. The van der Waals surface area contributed by atoms with Crippen molar-refractivity contribution in [2.24, 2.45) is 0 Å². The summed E-state index contributed by atoms with van der Waals surface area (Å²) >= 11 is 0. The Labute approximate surface area is 177 Å². The van der Waals surface area contributed by atoms with Crippen molar-refractivity contribution >= 4 is 33.5 Å². The molecule has 5 aromatic rings. The molecule has 0 radical (unpaired) electrons. The molecule has 31 heavy (non-hydrogen) atoms. The fourth-order valence-electron chi connectivity index (χ4n) is 3.45. The Balaban J connectivity index is 1.43. The van der Waals surface area contributed by atoms with Crippen LogP contribution in [0.1, 0.15) is 13.0 Å². The first-order valence-electron chi connectivity index (χ1n) is 9.79.